The van der Waals surface area contributed by atoms with Gasteiger partial charge >= 0.3 is 0 Å². The molecule has 0 saturated carbocycles. The molecule has 1 aromatic rings. The van der Waals surface area contributed by atoms with Crippen molar-refractivity contribution in [3.8, 4) is 0 Å². The fourth-order valence-electron chi connectivity index (χ4n) is 4.74. The van der Waals surface area contributed by atoms with E-state index in [0.717, 1.165) is 44.5 Å². The second kappa shape index (κ2) is 8.05. The lowest BCUT2D eigenvalue weighted by Gasteiger charge is -2.40. The van der Waals surface area contributed by atoms with Crippen LogP contribution in [0.3, 0.4) is 0 Å². The molecule has 7 nitrogen and oxygen atoms in total. The third-order valence-electron chi connectivity index (χ3n) is 6.51. The minimum Gasteiger partial charge on any atom is -0.362 e. The van der Waals surface area contributed by atoms with Gasteiger partial charge < -0.3 is 20.4 Å². The van der Waals surface area contributed by atoms with Crippen LogP contribution in [0.2, 0.25) is 0 Å². The maximum Gasteiger partial charge on any atom is 0.255 e. The van der Waals surface area contributed by atoms with Gasteiger partial charge in [-0.25, -0.2) is 0 Å². The first-order valence-corrected chi connectivity index (χ1v) is 10.8. The Morgan fingerprint density at radius 2 is 1.72 bits per heavy atom. The maximum atomic E-state index is 13.0. The van der Waals surface area contributed by atoms with E-state index in [0.29, 0.717) is 31.4 Å². The van der Waals surface area contributed by atoms with Crippen LogP contribution in [0.4, 0.5) is 5.69 Å². The van der Waals surface area contributed by atoms with Gasteiger partial charge in [0.2, 0.25) is 11.8 Å². The Morgan fingerprint density at radius 1 is 1.00 bits per heavy atom. The van der Waals surface area contributed by atoms with Gasteiger partial charge in [0, 0.05) is 38.2 Å². The Morgan fingerprint density at radius 3 is 2.48 bits per heavy atom. The van der Waals surface area contributed by atoms with Gasteiger partial charge in [-0.3, -0.25) is 14.4 Å². The van der Waals surface area contributed by atoms with Gasteiger partial charge in [0.25, 0.3) is 5.91 Å². The number of anilines is 1. The van der Waals surface area contributed by atoms with E-state index in [2.05, 4.69) is 10.6 Å². The number of nitrogens with zero attached hydrogens (tertiary/aromatic N) is 2. The van der Waals surface area contributed by atoms with Gasteiger partial charge in [-0.1, -0.05) is 25.0 Å². The molecule has 3 aliphatic rings. The van der Waals surface area contributed by atoms with Crippen molar-refractivity contribution in [2.75, 3.05) is 25.0 Å². The smallest absolute Gasteiger partial charge is 0.255 e. The second-order valence-electron chi connectivity index (χ2n) is 8.46. The molecular formula is C22H30N4O3. The average Bonchev–Trinajstić information content (AvgIpc) is 3.08. The van der Waals surface area contributed by atoms with Crippen molar-refractivity contribution >= 4 is 23.4 Å². The number of amides is 3. The number of carbonyl (C=O) groups excluding carboxylic acids is 3. The highest BCUT2D eigenvalue weighted by Crippen LogP contribution is 2.32. The summed E-state index contributed by atoms with van der Waals surface area (Å²) in [6, 6.07) is 6.95. The van der Waals surface area contributed by atoms with Crippen LogP contribution in [-0.2, 0) is 9.59 Å². The molecular weight excluding hydrogens is 368 g/mol. The van der Waals surface area contributed by atoms with E-state index in [9.17, 15) is 14.4 Å². The first-order chi connectivity index (χ1) is 14.0. The Bertz CT molecular complexity index is 803. The lowest BCUT2D eigenvalue weighted by molar-refractivity contribution is -0.144. The molecule has 2 unspecified atom stereocenters. The summed E-state index contributed by atoms with van der Waals surface area (Å²) >= 11 is 0. The van der Waals surface area contributed by atoms with Crippen molar-refractivity contribution in [2.45, 2.75) is 63.6 Å². The van der Waals surface area contributed by atoms with Crippen LogP contribution >= 0.6 is 0 Å². The number of rotatable bonds is 2. The molecule has 0 bridgehead atoms. The zero-order valence-electron chi connectivity index (χ0n) is 17.1. The van der Waals surface area contributed by atoms with Crippen molar-refractivity contribution in [3.63, 3.8) is 0 Å². The van der Waals surface area contributed by atoms with Gasteiger partial charge in [-0.2, -0.15) is 0 Å². The maximum absolute atomic E-state index is 13.0. The van der Waals surface area contributed by atoms with Crippen LogP contribution in [0.15, 0.2) is 24.3 Å². The minimum absolute atomic E-state index is 0.0209. The topological polar surface area (TPSA) is 81.8 Å². The molecule has 3 amide bonds. The van der Waals surface area contributed by atoms with Gasteiger partial charge in [0.1, 0.15) is 11.7 Å². The Hall–Kier alpha value is -2.57. The summed E-state index contributed by atoms with van der Waals surface area (Å²) in [6.45, 7) is 3.84. The number of benzene rings is 1. The summed E-state index contributed by atoms with van der Waals surface area (Å²) in [7, 11) is 0. The van der Waals surface area contributed by atoms with Crippen molar-refractivity contribution in [2.24, 2.45) is 0 Å². The number of likely N-dealkylation sites (tertiary alicyclic amines) is 2. The van der Waals surface area contributed by atoms with Gasteiger partial charge in [-0.05, 0) is 38.3 Å². The number of carbonyl (C=O) groups is 3. The van der Waals surface area contributed by atoms with Crippen LogP contribution in [0.25, 0.3) is 0 Å². The minimum atomic E-state index is -0.652. The molecule has 0 aliphatic carbocycles. The van der Waals surface area contributed by atoms with Crippen LogP contribution in [0.1, 0.15) is 62.2 Å². The highest BCUT2D eigenvalue weighted by Gasteiger charge is 2.42. The molecule has 7 heteroatoms. The quantitative estimate of drug-likeness (QED) is 0.801. The first-order valence-electron chi connectivity index (χ1n) is 10.8. The number of hydrogen-bond donors (Lipinski definition) is 2. The van der Waals surface area contributed by atoms with Crippen LogP contribution in [0.5, 0.6) is 0 Å². The SMILES string of the molecule is CC(C(=O)N1CCCCCC1)N1CCC2(CCC1=O)NC(=O)c1ccccc1N2. The lowest BCUT2D eigenvalue weighted by Crippen LogP contribution is -2.58. The molecule has 2 fully saturated rings. The van der Waals surface area contributed by atoms with Crippen molar-refractivity contribution in [1.82, 2.24) is 15.1 Å². The zero-order chi connectivity index (χ0) is 20.4. The van der Waals surface area contributed by atoms with Crippen LogP contribution in [0, 0.1) is 0 Å². The molecule has 1 aromatic carbocycles. The lowest BCUT2D eigenvalue weighted by atomic mass is 9.95. The summed E-state index contributed by atoms with van der Waals surface area (Å²) in [4.78, 5) is 42.1. The van der Waals surface area contributed by atoms with Crippen LogP contribution < -0.4 is 10.6 Å². The summed E-state index contributed by atoms with van der Waals surface area (Å²) in [6.07, 6.45) is 5.76. The number of fused-ring (bicyclic) bond motifs is 1. The Labute approximate surface area is 171 Å². The Balaban J connectivity index is 1.48. The first kappa shape index (κ1) is 19.7. The van der Waals surface area contributed by atoms with Crippen LogP contribution in [-0.4, -0.2) is 58.9 Å². The van der Waals surface area contributed by atoms with Crippen molar-refractivity contribution < 1.29 is 14.4 Å². The molecule has 156 valence electrons. The standard InChI is InChI=1S/C22H30N4O3/c1-16(21(29)25-13-6-2-3-7-14-25)26-15-12-22(11-10-19(26)27)23-18-9-5-4-8-17(18)20(28)24-22/h4-5,8-9,16,23H,2-3,6-7,10-15H2,1H3,(H,24,28). The summed E-state index contributed by atoms with van der Waals surface area (Å²) < 4.78 is 0. The molecule has 29 heavy (non-hydrogen) atoms. The molecule has 3 aliphatic heterocycles. The van der Waals surface area contributed by atoms with Crippen molar-refractivity contribution in [1.29, 1.82) is 0 Å². The summed E-state index contributed by atoms with van der Waals surface area (Å²) in [5.74, 6) is -0.0939. The van der Waals surface area contributed by atoms with E-state index in [4.69, 9.17) is 0 Å². The third kappa shape index (κ3) is 3.95. The predicted molar refractivity (Wildman–Crippen MR) is 110 cm³/mol. The highest BCUT2D eigenvalue weighted by molar-refractivity contribution is 6.02. The van der Waals surface area contributed by atoms with Gasteiger partial charge in [-0.15, -0.1) is 0 Å². The summed E-state index contributed by atoms with van der Waals surface area (Å²) in [5, 5.41) is 6.54. The molecule has 0 radical (unpaired) electrons. The monoisotopic (exact) mass is 398 g/mol. The second-order valence-corrected chi connectivity index (χ2v) is 8.46. The molecule has 3 heterocycles. The van der Waals surface area contributed by atoms with Gasteiger partial charge in [0.15, 0.2) is 0 Å². The summed E-state index contributed by atoms with van der Waals surface area (Å²) in [5.41, 5.74) is 0.766. The third-order valence-corrected chi connectivity index (χ3v) is 6.51. The molecule has 4 rings (SSSR count). The van der Waals surface area contributed by atoms with E-state index in [1.807, 2.05) is 30.0 Å². The molecule has 1 spiro atoms. The van der Waals surface area contributed by atoms with E-state index in [-0.39, 0.29) is 17.7 Å². The average molecular weight is 399 g/mol. The largest absolute Gasteiger partial charge is 0.362 e. The van der Waals surface area contributed by atoms with E-state index in [1.54, 1.807) is 11.0 Å². The predicted octanol–water partition coefficient (Wildman–Crippen LogP) is 2.34. The number of nitrogens with one attached hydrogen (secondary N) is 2. The Kier molecular flexibility index (Phi) is 5.48. The van der Waals surface area contributed by atoms with E-state index in [1.165, 1.54) is 0 Å². The van der Waals surface area contributed by atoms with Gasteiger partial charge in [0.05, 0.1) is 5.56 Å². The fraction of sp³-hybridized carbons (Fsp3) is 0.591. The zero-order valence-corrected chi connectivity index (χ0v) is 17.1. The molecule has 0 aromatic heterocycles. The van der Waals surface area contributed by atoms with Crippen molar-refractivity contribution in [3.05, 3.63) is 29.8 Å². The highest BCUT2D eigenvalue weighted by atomic mass is 16.2. The normalized spacial score (nSPS) is 26.1. The fourth-order valence-corrected chi connectivity index (χ4v) is 4.74. The van der Waals surface area contributed by atoms with E-state index >= 15 is 0 Å². The van der Waals surface area contributed by atoms with E-state index < -0.39 is 11.7 Å². The number of hydrogen-bond acceptors (Lipinski definition) is 4. The number of para-hydroxylation sites is 1. The molecule has 2 N–H and O–H groups in total. The molecule has 2 saturated heterocycles. The molecule has 2 atom stereocenters.